The monoisotopic (exact) mass is 290 g/mol. The zero-order valence-corrected chi connectivity index (χ0v) is 12.6. The molecule has 20 heavy (non-hydrogen) atoms. The zero-order valence-electron chi connectivity index (χ0n) is 11.8. The lowest BCUT2D eigenvalue weighted by Gasteiger charge is -2.17. The van der Waals surface area contributed by atoms with Crippen molar-refractivity contribution in [2.75, 3.05) is 13.7 Å². The third-order valence-corrected chi connectivity index (χ3v) is 3.15. The first-order valence-corrected chi connectivity index (χ1v) is 7.06. The fourth-order valence-corrected chi connectivity index (χ4v) is 2.15. The minimum Gasteiger partial charge on any atom is -0.494 e. The van der Waals surface area contributed by atoms with Crippen LogP contribution in [0.1, 0.15) is 18.1 Å². The Kier molecular flexibility index (Phi) is 5.39. The van der Waals surface area contributed by atoms with Gasteiger partial charge in [0, 0.05) is 19.3 Å². The number of rotatable bonds is 6. The second-order valence-electron chi connectivity index (χ2n) is 4.74. The van der Waals surface area contributed by atoms with Crippen LogP contribution in [-0.4, -0.2) is 23.5 Å². The standard InChI is InChI=1S/C16H19ClN2O/c1-3-20-15-7-4-13(5-8-15)11-19(2)12-14-6-9-16(17)18-10-14/h4-10H,3,11-12H2,1-2H3. The fourth-order valence-electron chi connectivity index (χ4n) is 2.04. The van der Waals surface area contributed by atoms with Gasteiger partial charge in [-0.25, -0.2) is 4.98 Å². The van der Waals surface area contributed by atoms with Gasteiger partial charge in [0.25, 0.3) is 0 Å². The van der Waals surface area contributed by atoms with Gasteiger partial charge in [-0.05, 0) is 43.3 Å². The summed E-state index contributed by atoms with van der Waals surface area (Å²) in [6, 6.07) is 12.0. The molecule has 0 fully saturated rings. The minimum atomic E-state index is 0.530. The van der Waals surface area contributed by atoms with Crippen molar-refractivity contribution in [1.82, 2.24) is 9.88 Å². The van der Waals surface area contributed by atoms with Gasteiger partial charge in [-0.3, -0.25) is 4.90 Å². The molecular formula is C16H19ClN2O. The molecule has 0 unspecified atom stereocenters. The molecule has 106 valence electrons. The molecule has 0 aliphatic rings. The summed E-state index contributed by atoms with van der Waals surface area (Å²) in [5.41, 5.74) is 2.42. The molecule has 0 N–H and O–H groups in total. The Balaban J connectivity index is 1.90. The van der Waals surface area contributed by atoms with E-state index < -0.39 is 0 Å². The second kappa shape index (κ2) is 7.27. The van der Waals surface area contributed by atoms with E-state index in [4.69, 9.17) is 16.3 Å². The highest BCUT2D eigenvalue weighted by Gasteiger charge is 2.03. The van der Waals surface area contributed by atoms with Gasteiger partial charge in [0.15, 0.2) is 0 Å². The van der Waals surface area contributed by atoms with Crippen LogP contribution in [0.5, 0.6) is 5.75 Å². The van der Waals surface area contributed by atoms with Crippen LogP contribution < -0.4 is 4.74 Å². The number of aromatic nitrogens is 1. The molecule has 2 rings (SSSR count). The summed E-state index contributed by atoms with van der Waals surface area (Å²) in [6.07, 6.45) is 1.82. The van der Waals surface area contributed by atoms with Crippen LogP contribution in [0.4, 0.5) is 0 Å². The van der Waals surface area contributed by atoms with Gasteiger partial charge >= 0.3 is 0 Å². The minimum absolute atomic E-state index is 0.530. The molecule has 0 aliphatic carbocycles. The summed E-state index contributed by atoms with van der Waals surface area (Å²) >= 11 is 5.78. The Bertz CT molecular complexity index is 525. The molecule has 0 radical (unpaired) electrons. The number of pyridine rings is 1. The lowest BCUT2D eigenvalue weighted by molar-refractivity contribution is 0.317. The number of nitrogens with zero attached hydrogens (tertiary/aromatic N) is 2. The van der Waals surface area contributed by atoms with Crippen molar-refractivity contribution in [3.8, 4) is 5.75 Å². The summed E-state index contributed by atoms with van der Waals surface area (Å²) in [7, 11) is 2.09. The van der Waals surface area contributed by atoms with Gasteiger partial charge in [-0.1, -0.05) is 29.8 Å². The van der Waals surface area contributed by atoms with Crippen molar-refractivity contribution < 1.29 is 4.74 Å². The fraction of sp³-hybridized carbons (Fsp3) is 0.312. The molecule has 0 bridgehead atoms. The van der Waals surface area contributed by atoms with E-state index in [0.29, 0.717) is 11.8 Å². The van der Waals surface area contributed by atoms with Crippen LogP contribution in [0.15, 0.2) is 42.6 Å². The van der Waals surface area contributed by atoms with Gasteiger partial charge in [0.05, 0.1) is 6.61 Å². The van der Waals surface area contributed by atoms with E-state index in [2.05, 4.69) is 29.1 Å². The van der Waals surface area contributed by atoms with Crippen molar-refractivity contribution in [2.24, 2.45) is 0 Å². The zero-order chi connectivity index (χ0) is 14.4. The van der Waals surface area contributed by atoms with E-state index in [9.17, 15) is 0 Å². The van der Waals surface area contributed by atoms with E-state index in [0.717, 1.165) is 24.4 Å². The highest BCUT2D eigenvalue weighted by molar-refractivity contribution is 6.29. The Morgan fingerprint density at radius 3 is 2.30 bits per heavy atom. The van der Waals surface area contributed by atoms with Crippen LogP contribution in [0.2, 0.25) is 5.15 Å². The molecule has 1 aromatic carbocycles. The van der Waals surface area contributed by atoms with Gasteiger partial charge in [-0.2, -0.15) is 0 Å². The Morgan fingerprint density at radius 2 is 1.70 bits per heavy atom. The number of ether oxygens (including phenoxy) is 1. The summed E-state index contributed by atoms with van der Waals surface area (Å²) in [6.45, 7) is 4.41. The van der Waals surface area contributed by atoms with Crippen molar-refractivity contribution >= 4 is 11.6 Å². The highest BCUT2D eigenvalue weighted by Crippen LogP contribution is 2.14. The van der Waals surface area contributed by atoms with Crippen LogP contribution in [0.3, 0.4) is 0 Å². The topological polar surface area (TPSA) is 25.4 Å². The Hall–Kier alpha value is -1.58. The quantitative estimate of drug-likeness (QED) is 0.757. The predicted octanol–water partition coefficient (Wildman–Crippen LogP) is 3.77. The molecule has 4 heteroatoms. The number of benzene rings is 1. The Labute approximate surface area is 125 Å². The maximum Gasteiger partial charge on any atom is 0.129 e. The van der Waals surface area contributed by atoms with Crippen LogP contribution in [-0.2, 0) is 13.1 Å². The summed E-state index contributed by atoms with van der Waals surface area (Å²) < 4.78 is 5.44. The largest absolute Gasteiger partial charge is 0.494 e. The lowest BCUT2D eigenvalue weighted by atomic mass is 10.2. The van der Waals surface area contributed by atoms with E-state index in [1.807, 2.05) is 37.4 Å². The molecule has 3 nitrogen and oxygen atoms in total. The first kappa shape index (κ1) is 14.8. The summed E-state index contributed by atoms with van der Waals surface area (Å²) in [4.78, 5) is 6.33. The maximum absolute atomic E-state index is 5.78. The van der Waals surface area contributed by atoms with Crippen molar-refractivity contribution in [3.05, 3.63) is 58.9 Å². The number of hydrogen-bond acceptors (Lipinski definition) is 3. The first-order valence-electron chi connectivity index (χ1n) is 6.68. The highest BCUT2D eigenvalue weighted by atomic mass is 35.5. The van der Waals surface area contributed by atoms with E-state index in [1.165, 1.54) is 5.56 Å². The van der Waals surface area contributed by atoms with Crippen molar-refractivity contribution in [2.45, 2.75) is 20.0 Å². The predicted molar refractivity (Wildman–Crippen MR) is 82.0 cm³/mol. The van der Waals surface area contributed by atoms with Crippen LogP contribution in [0.25, 0.3) is 0 Å². The maximum atomic E-state index is 5.78. The lowest BCUT2D eigenvalue weighted by Crippen LogP contribution is -2.17. The molecular weight excluding hydrogens is 272 g/mol. The molecule has 0 saturated heterocycles. The second-order valence-corrected chi connectivity index (χ2v) is 5.13. The number of halogens is 1. The van der Waals surface area contributed by atoms with Gasteiger partial charge < -0.3 is 4.74 Å². The molecule has 0 atom stereocenters. The van der Waals surface area contributed by atoms with Crippen molar-refractivity contribution in [1.29, 1.82) is 0 Å². The molecule has 1 aromatic heterocycles. The molecule has 0 aliphatic heterocycles. The number of hydrogen-bond donors (Lipinski definition) is 0. The summed E-state index contributed by atoms with van der Waals surface area (Å²) in [5.74, 6) is 0.917. The smallest absolute Gasteiger partial charge is 0.129 e. The molecule has 0 amide bonds. The molecule has 0 saturated carbocycles. The summed E-state index contributed by atoms with van der Waals surface area (Å²) in [5, 5.41) is 0.530. The molecule has 1 heterocycles. The van der Waals surface area contributed by atoms with Crippen LogP contribution >= 0.6 is 11.6 Å². The van der Waals surface area contributed by atoms with Crippen molar-refractivity contribution in [3.63, 3.8) is 0 Å². The normalized spacial score (nSPS) is 10.8. The van der Waals surface area contributed by atoms with E-state index in [1.54, 1.807) is 0 Å². The van der Waals surface area contributed by atoms with Gasteiger partial charge in [0.2, 0.25) is 0 Å². The third-order valence-electron chi connectivity index (χ3n) is 2.93. The average Bonchev–Trinajstić information content (AvgIpc) is 2.44. The van der Waals surface area contributed by atoms with Crippen LogP contribution in [0, 0.1) is 0 Å². The Morgan fingerprint density at radius 1 is 1.05 bits per heavy atom. The van der Waals surface area contributed by atoms with Gasteiger partial charge in [0.1, 0.15) is 10.9 Å². The first-order chi connectivity index (χ1) is 9.67. The van der Waals surface area contributed by atoms with E-state index in [-0.39, 0.29) is 0 Å². The molecule has 0 spiro atoms. The molecule has 2 aromatic rings. The van der Waals surface area contributed by atoms with E-state index >= 15 is 0 Å². The SMILES string of the molecule is CCOc1ccc(CN(C)Cc2ccc(Cl)nc2)cc1. The average molecular weight is 291 g/mol. The third kappa shape index (κ3) is 4.51. The van der Waals surface area contributed by atoms with Gasteiger partial charge in [-0.15, -0.1) is 0 Å².